The number of aryl methyl sites for hydroxylation is 2. The molecule has 6 aliphatic rings. The molecule has 2 aromatic carbocycles. The van der Waals surface area contributed by atoms with Gasteiger partial charge in [0.05, 0.1) is 29.9 Å². The number of anilines is 2. The maximum atomic E-state index is 14.7. The molecule has 4 aromatic rings. The summed E-state index contributed by atoms with van der Waals surface area (Å²) in [5.41, 5.74) is 7.28. The lowest BCUT2D eigenvalue weighted by atomic mass is 9.92. The maximum Gasteiger partial charge on any atom is 0.264 e. The number of benzene rings is 2. The molecule has 2 fully saturated rings. The van der Waals surface area contributed by atoms with Crippen LogP contribution in [0, 0.1) is 0 Å². The van der Waals surface area contributed by atoms with E-state index in [1.807, 2.05) is 15.9 Å². The third-order valence-electron chi connectivity index (χ3n) is 14.3. The Morgan fingerprint density at radius 2 is 1.58 bits per heavy atom. The normalized spacial score (nSPS) is 20.3. The van der Waals surface area contributed by atoms with Crippen molar-refractivity contribution in [3.8, 4) is 11.1 Å². The van der Waals surface area contributed by atoms with Crippen LogP contribution in [0.5, 0.6) is 0 Å². The molecular weight excluding hydrogens is 839 g/mol. The van der Waals surface area contributed by atoms with Crippen molar-refractivity contribution in [3.05, 3.63) is 81.3 Å². The molecule has 2 aromatic heterocycles. The second-order valence-corrected chi connectivity index (χ2v) is 18.3. The topological polar surface area (TPSA) is 166 Å². The smallest absolute Gasteiger partial charge is 0.264 e. The first-order valence-electron chi connectivity index (χ1n) is 22.8. The third kappa shape index (κ3) is 7.78. The molecule has 16 nitrogen and oxygen atoms in total. The lowest BCUT2D eigenvalue weighted by Crippen LogP contribution is -2.54. The number of aromatic nitrogens is 4. The minimum atomic E-state index is -2.69. The molecule has 0 radical (unpaired) electrons. The number of piperidine rings is 2. The van der Waals surface area contributed by atoms with Gasteiger partial charge >= 0.3 is 0 Å². The molecule has 65 heavy (non-hydrogen) atoms. The summed E-state index contributed by atoms with van der Waals surface area (Å²) in [6.07, 6.45) is 6.19. The number of fused-ring (bicyclic) bond motifs is 4. The predicted octanol–water partition coefficient (Wildman–Crippen LogP) is 4.61. The van der Waals surface area contributed by atoms with E-state index in [4.69, 9.17) is 5.10 Å². The van der Waals surface area contributed by atoms with Crippen LogP contribution in [0.15, 0.2) is 36.7 Å². The monoisotopic (exact) mass is 890 g/mol. The van der Waals surface area contributed by atoms with E-state index in [0.29, 0.717) is 113 Å². The van der Waals surface area contributed by atoms with Crippen molar-refractivity contribution in [2.45, 2.75) is 103 Å². The Hall–Kier alpha value is -6.30. The highest BCUT2D eigenvalue weighted by atomic mass is 19.3. The molecular formula is C47H52F2N10O6. The SMILES string of the molecule is CC(=O)N1CCc2c(c(N3CCCc4cc(-c5cnn(C)c5)c(C(F)F)cc43)nn2C2CCN(C(=O)CCCN3CCc4cc5c(cc4C3)C(=O)N(C3CCC(=O)NC3=O)C5=O)CC2)C1. The number of nitrogens with one attached hydrogen (secondary N) is 1. The molecule has 1 atom stereocenters. The highest BCUT2D eigenvalue weighted by molar-refractivity contribution is 6.23. The number of amides is 6. The van der Waals surface area contributed by atoms with Gasteiger partial charge in [-0.3, -0.25) is 53.2 Å². The predicted molar refractivity (Wildman–Crippen MR) is 232 cm³/mol. The molecule has 10 rings (SSSR count). The zero-order chi connectivity index (χ0) is 45.3. The first kappa shape index (κ1) is 42.6. The molecule has 2 saturated heterocycles. The van der Waals surface area contributed by atoms with Gasteiger partial charge in [-0.25, -0.2) is 8.78 Å². The number of alkyl halides is 2. The van der Waals surface area contributed by atoms with Crippen molar-refractivity contribution in [2.75, 3.05) is 44.2 Å². The summed E-state index contributed by atoms with van der Waals surface area (Å²) in [6, 6.07) is 6.07. The summed E-state index contributed by atoms with van der Waals surface area (Å²) >= 11 is 0. The standard InChI is InChI=1S/C47H52F2N10O6/c1-27(60)56-18-12-38-37(26-56)44(57-14-3-5-29-20-33(31-23-50-53(2)24-31)34(43(48)49)22-40(29)57)52-59(38)32-10-16-55(17-11-32)42(62)6-4-13-54-15-9-28-19-35-36(21-30(28)25-54)47(65)58(46(35)64)39-7-8-41(61)51-45(39)63/h19-24,32,39,43H,3-18,25-26H2,1-2H3,(H,51,61,63). The molecule has 1 N–H and O–H groups in total. The molecule has 0 saturated carbocycles. The Morgan fingerprint density at radius 3 is 2.29 bits per heavy atom. The molecule has 1 unspecified atom stereocenters. The first-order chi connectivity index (χ1) is 31.3. The quantitative estimate of drug-likeness (QED) is 0.235. The van der Waals surface area contributed by atoms with Crippen LogP contribution < -0.4 is 10.2 Å². The van der Waals surface area contributed by atoms with Crippen molar-refractivity contribution in [1.82, 2.24) is 44.5 Å². The summed E-state index contributed by atoms with van der Waals surface area (Å²) in [6.45, 7) is 6.31. The zero-order valence-electron chi connectivity index (χ0n) is 36.7. The number of carbonyl (C=O) groups is 6. The van der Waals surface area contributed by atoms with Crippen LogP contribution in [-0.2, 0) is 58.6 Å². The summed E-state index contributed by atoms with van der Waals surface area (Å²) in [7, 11) is 1.77. The minimum absolute atomic E-state index is 0.0242. The van der Waals surface area contributed by atoms with Gasteiger partial charge in [-0.2, -0.15) is 10.2 Å². The van der Waals surface area contributed by atoms with Gasteiger partial charge in [0.15, 0.2) is 5.82 Å². The van der Waals surface area contributed by atoms with Gasteiger partial charge in [0.1, 0.15) is 6.04 Å². The van der Waals surface area contributed by atoms with E-state index in [0.717, 1.165) is 52.2 Å². The molecule has 340 valence electrons. The van der Waals surface area contributed by atoms with Crippen molar-refractivity contribution >= 4 is 46.9 Å². The molecule has 8 heterocycles. The van der Waals surface area contributed by atoms with Gasteiger partial charge in [-0.05, 0) is 98.0 Å². The van der Waals surface area contributed by atoms with Crippen molar-refractivity contribution in [1.29, 1.82) is 0 Å². The van der Waals surface area contributed by atoms with Crippen LogP contribution >= 0.6 is 0 Å². The van der Waals surface area contributed by atoms with E-state index < -0.39 is 36.1 Å². The van der Waals surface area contributed by atoms with Gasteiger partial charge in [-0.1, -0.05) is 0 Å². The highest BCUT2D eigenvalue weighted by Crippen LogP contribution is 2.44. The van der Waals surface area contributed by atoms with Crippen LogP contribution in [-0.4, -0.2) is 120 Å². The minimum Gasteiger partial charge on any atom is -0.343 e. The Morgan fingerprint density at radius 1 is 0.831 bits per heavy atom. The third-order valence-corrected chi connectivity index (χ3v) is 14.3. The van der Waals surface area contributed by atoms with E-state index >= 15 is 0 Å². The van der Waals surface area contributed by atoms with Crippen LogP contribution in [0.2, 0.25) is 0 Å². The van der Waals surface area contributed by atoms with Gasteiger partial charge in [0, 0.05) is 107 Å². The highest BCUT2D eigenvalue weighted by Gasteiger charge is 2.45. The van der Waals surface area contributed by atoms with E-state index in [1.165, 1.54) is 0 Å². The number of carbonyl (C=O) groups excluding carboxylic acids is 6. The van der Waals surface area contributed by atoms with Gasteiger partial charge in [0.2, 0.25) is 23.6 Å². The van der Waals surface area contributed by atoms with E-state index in [1.54, 1.807) is 49.2 Å². The average Bonchev–Trinajstić information content (AvgIpc) is 3.97. The van der Waals surface area contributed by atoms with Gasteiger partial charge in [0.25, 0.3) is 18.2 Å². The zero-order valence-corrected chi connectivity index (χ0v) is 36.7. The fraction of sp³-hybridized carbons (Fsp3) is 0.489. The van der Waals surface area contributed by atoms with Gasteiger partial charge in [-0.15, -0.1) is 0 Å². The molecule has 0 bridgehead atoms. The number of hydrogen-bond donors (Lipinski definition) is 1. The number of imide groups is 2. The number of rotatable bonds is 9. The van der Waals surface area contributed by atoms with Crippen LogP contribution in [0.3, 0.4) is 0 Å². The lowest BCUT2D eigenvalue weighted by molar-refractivity contribution is -0.136. The molecule has 6 aliphatic heterocycles. The number of halogens is 2. The summed E-state index contributed by atoms with van der Waals surface area (Å²) in [4.78, 5) is 86.3. The molecule has 18 heteroatoms. The number of likely N-dealkylation sites (tertiary alicyclic amines) is 1. The fourth-order valence-electron chi connectivity index (χ4n) is 10.8. The van der Waals surface area contributed by atoms with Crippen LogP contribution in [0.25, 0.3) is 11.1 Å². The second-order valence-electron chi connectivity index (χ2n) is 18.3. The summed E-state index contributed by atoms with van der Waals surface area (Å²) in [5.74, 6) is -1.29. The van der Waals surface area contributed by atoms with Crippen molar-refractivity contribution < 1.29 is 37.5 Å². The van der Waals surface area contributed by atoms with E-state index in [2.05, 4.69) is 24.9 Å². The maximum absolute atomic E-state index is 14.7. The molecule has 0 spiro atoms. The van der Waals surface area contributed by atoms with Crippen molar-refractivity contribution in [3.63, 3.8) is 0 Å². The summed E-state index contributed by atoms with van der Waals surface area (Å²) in [5, 5.41) is 11.7. The molecule has 0 aliphatic carbocycles. The largest absolute Gasteiger partial charge is 0.343 e. The molecule has 6 amide bonds. The Kier molecular flexibility index (Phi) is 11.1. The Labute approximate surface area is 374 Å². The Balaban J connectivity index is 0.788. The van der Waals surface area contributed by atoms with Crippen LogP contribution in [0.4, 0.5) is 20.3 Å². The fourth-order valence-corrected chi connectivity index (χ4v) is 10.8. The average molecular weight is 891 g/mol. The number of hydrogen-bond acceptors (Lipinski definition) is 10. The lowest BCUT2D eigenvalue weighted by Gasteiger charge is -2.34. The van der Waals surface area contributed by atoms with Gasteiger partial charge < -0.3 is 14.7 Å². The second kappa shape index (κ2) is 16.9. The van der Waals surface area contributed by atoms with Crippen molar-refractivity contribution in [2.24, 2.45) is 7.05 Å². The van der Waals surface area contributed by atoms with E-state index in [9.17, 15) is 37.5 Å². The summed E-state index contributed by atoms with van der Waals surface area (Å²) < 4.78 is 33.2. The van der Waals surface area contributed by atoms with Crippen LogP contribution in [0.1, 0.15) is 119 Å². The first-order valence-corrected chi connectivity index (χ1v) is 22.8. The van der Waals surface area contributed by atoms with E-state index in [-0.39, 0.29) is 41.8 Å². The Bertz CT molecular complexity index is 2650. The number of nitrogens with zero attached hydrogens (tertiary/aromatic N) is 9.